The Kier molecular flexibility index (Phi) is 4.93. The fourth-order valence-electron chi connectivity index (χ4n) is 4.66. The first-order valence-corrected chi connectivity index (χ1v) is 10.7. The van der Waals surface area contributed by atoms with Crippen molar-refractivity contribution in [2.45, 2.75) is 33.4 Å². The van der Waals surface area contributed by atoms with Gasteiger partial charge in [0.2, 0.25) is 0 Å². The number of carboxylic acid groups (broad SMARTS) is 1. The predicted molar refractivity (Wildman–Crippen MR) is 123 cm³/mol. The van der Waals surface area contributed by atoms with Gasteiger partial charge in [0.25, 0.3) is 0 Å². The van der Waals surface area contributed by atoms with Gasteiger partial charge in [0, 0.05) is 30.7 Å². The van der Waals surface area contributed by atoms with E-state index in [4.69, 9.17) is 0 Å². The fourth-order valence-corrected chi connectivity index (χ4v) is 4.66. The summed E-state index contributed by atoms with van der Waals surface area (Å²) in [6.45, 7) is 5.93. The molecule has 1 N–H and O–H groups in total. The smallest absolute Gasteiger partial charge is 0.354 e. The minimum Gasteiger partial charge on any atom is -0.477 e. The minimum atomic E-state index is -1.04. The molecule has 0 aliphatic carbocycles. The molecule has 4 aromatic rings. The number of hydrogen-bond donors (Lipinski definition) is 1. The summed E-state index contributed by atoms with van der Waals surface area (Å²) in [5.74, 6) is -0.644. The van der Waals surface area contributed by atoms with Gasteiger partial charge in [0.05, 0.1) is 5.52 Å². The molecular formula is C26H24FN3O2. The number of nitrogens with zero attached hydrogens (tertiary/aromatic N) is 3. The Morgan fingerprint density at radius 3 is 2.62 bits per heavy atom. The van der Waals surface area contributed by atoms with Crippen molar-refractivity contribution in [2.24, 2.45) is 0 Å². The van der Waals surface area contributed by atoms with Crippen LogP contribution in [0.4, 0.5) is 10.2 Å². The zero-order valence-electron chi connectivity index (χ0n) is 18.1. The molecule has 0 saturated heterocycles. The molecule has 2 aromatic carbocycles. The van der Waals surface area contributed by atoms with Crippen LogP contribution in [0.25, 0.3) is 10.9 Å². The van der Waals surface area contributed by atoms with Crippen LogP contribution >= 0.6 is 0 Å². The molecule has 0 unspecified atom stereocenters. The topological polar surface area (TPSA) is 58.4 Å². The normalized spacial score (nSPS) is 13.4. The molecule has 32 heavy (non-hydrogen) atoms. The summed E-state index contributed by atoms with van der Waals surface area (Å²) in [5.41, 5.74) is 6.36. The van der Waals surface area contributed by atoms with Crippen LogP contribution < -0.4 is 4.90 Å². The van der Waals surface area contributed by atoms with Crippen molar-refractivity contribution in [3.8, 4) is 0 Å². The van der Waals surface area contributed by atoms with Gasteiger partial charge in [0.1, 0.15) is 5.82 Å². The van der Waals surface area contributed by atoms with Crippen molar-refractivity contribution in [3.05, 3.63) is 94.1 Å². The second kappa shape index (κ2) is 7.79. The molecule has 3 heterocycles. The van der Waals surface area contributed by atoms with E-state index in [2.05, 4.69) is 26.6 Å². The first kappa shape index (κ1) is 20.2. The van der Waals surface area contributed by atoms with E-state index in [1.165, 1.54) is 23.3 Å². The first-order chi connectivity index (χ1) is 15.4. The highest BCUT2D eigenvalue weighted by molar-refractivity contribution is 5.99. The van der Waals surface area contributed by atoms with Gasteiger partial charge in [-0.05, 0) is 60.7 Å². The summed E-state index contributed by atoms with van der Waals surface area (Å²) in [5, 5.41) is 10.6. The number of rotatable bonds is 4. The van der Waals surface area contributed by atoms with Crippen LogP contribution in [0.3, 0.4) is 0 Å². The van der Waals surface area contributed by atoms with Gasteiger partial charge in [-0.25, -0.2) is 14.2 Å². The average molecular weight is 429 g/mol. The Morgan fingerprint density at radius 1 is 1.09 bits per heavy atom. The quantitative estimate of drug-likeness (QED) is 0.490. The molecule has 5 rings (SSSR count). The van der Waals surface area contributed by atoms with E-state index in [1.807, 2.05) is 32.0 Å². The SMILES string of the molecule is Cc1c(C)n(Cc2cccc(F)c2)c2c(N3CCc4ccccc4C3)nc(C(=O)O)cc12. The van der Waals surface area contributed by atoms with Crippen LogP contribution in [0.2, 0.25) is 0 Å². The summed E-state index contributed by atoms with van der Waals surface area (Å²) in [6, 6.07) is 16.6. The number of benzene rings is 2. The van der Waals surface area contributed by atoms with Crippen LogP contribution in [-0.4, -0.2) is 27.2 Å². The number of pyridine rings is 1. The minimum absolute atomic E-state index is 0.0392. The third-order valence-corrected chi connectivity index (χ3v) is 6.47. The van der Waals surface area contributed by atoms with Crippen LogP contribution in [0.15, 0.2) is 54.6 Å². The highest BCUT2D eigenvalue weighted by atomic mass is 19.1. The number of fused-ring (bicyclic) bond motifs is 2. The summed E-state index contributed by atoms with van der Waals surface area (Å²) < 4.78 is 16.0. The van der Waals surface area contributed by atoms with Crippen molar-refractivity contribution in [1.82, 2.24) is 9.55 Å². The highest BCUT2D eigenvalue weighted by Crippen LogP contribution is 2.35. The number of aryl methyl sites for hydroxylation is 1. The van der Waals surface area contributed by atoms with E-state index in [-0.39, 0.29) is 11.5 Å². The summed E-state index contributed by atoms with van der Waals surface area (Å²) in [6.07, 6.45) is 0.874. The Balaban J connectivity index is 1.70. The highest BCUT2D eigenvalue weighted by Gasteiger charge is 2.25. The number of anilines is 1. The van der Waals surface area contributed by atoms with E-state index in [0.717, 1.165) is 40.7 Å². The molecule has 1 aliphatic rings. The summed E-state index contributed by atoms with van der Waals surface area (Å²) >= 11 is 0. The largest absolute Gasteiger partial charge is 0.477 e. The Bertz CT molecular complexity index is 1360. The maximum absolute atomic E-state index is 13.8. The third-order valence-electron chi connectivity index (χ3n) is 6.47. The second-order valence-corrected chi connectivity index (χ2v) is 8.40. The van der Waals surface area contributed by atoms with E-state index in [1.54, 1.807) is 12.1 Å². The lowest BCUT2D eigenvalue weighted by Crippen LogP contribution is -2.32. The lowest BCUT2D eigenvalue weighted by molar-refractivity contribution is 0.0691. The molecule has 5 nitrogen and oxygen atoms in total. The van der Waals surface area contributed by atoms with Gasteiger partial charge in [-0.15, -0.1) is 0 Å². The predicted octanol–water partition coefficient (Wildman–Crippen LogP) is 5.10. The molecule has 1 aliphatic heterocycles. The van der Waals surface area contributed by atoms with E-state index >= 15 is 0 Å². The lowest BCUT2D eigenvalue weighted by Gasteiger charge is -2.31. The van der Waals surface area contributed by atoms with Crippen molar-refractivity contribution in [2.75, 3.05) is 11.4 Å². The van der Waals surface area contributed by atoms with Gasteiger partial charge in [-0.2, -0.15) is 0 Å². The monoisotopic (exact) mass is 429 g/mol. The molecule has 0 spiro atoms. The van der Waals surface area contributed by atoms with Crippen LogP contribution in [0.5, 0.6) is 0 Å². The van der Waals surface area contributed by atoms with Crippen molar-refractivity contribution in [3.63, 3.8) is 0 Å². The van der Waals surface area contributed by atoms with E-state index < -0.39 is 5.97 Å². The number of aromatic nitrogens is 2. The van der Waals surface area contributed by atoms with Gasteiger partial charge < -0.3 is 14.6 Å². The molecule has 0 amide bonds. The van der Waals surface area contributed by atoms with Gasteiger partial charge in [-0.3, -0.25) is 0 Å². The Labute approximate surface area is 185 Å². The van der Waals surface area contributed by atoms with E-state index in [9.17, 15) is 14.3 Å². The standard InChI is InChI=1S/C26H24FN3O2/c1-16-17(2)30(14-18-6-5-9-21(27)12-18)24-22(16)13-23(26(31)32)28-25(24)29-11-10-19-7-3-4-8-20(19)15-29/h3-9,12-13H,10-11,14-15H2,1-2H3,(H,31,32). The molecule has 2 aromatic heterocycles. The van der Waals surface area contributed by atoms with Crippen molar-refractivity contribution in [1.29, 1.82) is 0 Å². The van der Waals surface area contributed by atoms with E-state index in [0.29, 0.717) is 18.9 Å². The zero-order chi connectivity index (χ0) is 22.4. The van der Waals surface area contributed by atoms with Gasteiger partial charge in [-0.1, -0.05) is 36.4 Å². The average Bonchev–Trinajstić information content (AvgIpc) is 3.03. The van der Waals surface area contributed by atoms with Crippen LogP contribution in [0.1, 0.15) is 38.4 Å². The first-order valence-electron chi connectivity index (χ1n) is 10.7. The lowest BCUT2D eigenvalue weighted by atomic mass is 10.00. The van der Waals surface area contributed by atoms with Gasteiger partial charge in [0.15, 0.2) is 11.5 Å². The number of carbonyl (C=O) groups is 1. The molecular weight excluding hydrogens is 405 g/mol. The zero-order valence-corrected chi connectivity index (χ0v) is 18.1. The summed E-state index contributed by atoms with van der Waals surface area (Å²) in [4.78, 5) is 18.6. The molecule has 6 heteroatoms. The Hall–Kier alpha value is -3.67. The third kappa shape index (κ3) is 3.42. The van der Waals surface area contributed by atoms with Crippen molar-refractivity contribution < 1.29 is 14.3 Å². The molecule has 0 atom stereocenters. The molecule has 0 fully saturated rings. The molecule has 0 radical (unpaired) electrons. The Morgan fingerprint density at radius 2 is 1.88 bits per heavy atom. The van der Waals surface area contributed by atoms with Crippen LogP contribution in [0, 0.1) is 19.7 Å². The number of halogens is 1. The van der Waals surface area contributed by atoms with Crippen molar-refractivity contribution >= 4 is 22.7 Å². The number of carboxylic acids is 1. The van der Waals surface area contributed by atoms with Gasteiger partial charge >= 0.3 is 5.97 Å². The number of hydrogen-bond acceptors (Lipinski definition) is 3. The fraction of sp³-hybridized carbons (Fsp3) is 0.231. The summed E-state index contributed by atoms with van der Waals surface area (Å²) in [7, 11) is 0. The number of aromatic carboxylic acids is 1. The molecule has 0 saturated carbocycles. The van der Waals surface area contributed by atoms with Crippen LogP contribution in [-0.2, 0) is 19.5 Å². The maximum Gasteiger partial charge on any atom is 0.354 e. The second-order valence-electron chi connectivity index (χ2n) is 8.40. The molecule has 0 bridgehead atoms. The maximum atomic E-state index is 13.8. The molecule has 162 valence electrons.